The van der Waals surface area contributed by atoms with Gasteiger partial charge >= 0.3 is 5.97 Å². The van der Waals surface area contributed by atoms with E-state index in [0.29, 0.717) is 12.8 Å². The van der Waals surface area contributed by atoms with E-state index in [1.807, 2.05) is 13.8 Å². The van der Waals surface area contributed by atoms with Crippen molar-refractivity contribution in [3.8, 4) is 0 Å². The van der Waals surface area contributed by atoms with E-state index in [-0.39, 0.29) is 30.2 Å². The van der Waals surface area contributed by atoms with Gasteiger partial charge in [0.2, 0.25) is 0 Å². The predicted octanol–water partition coefficient (Wildman–Crippen LogP) is 1.70. The van der Waals surface area contributed by atoms with E-state index in [9.17, 15) is 9.59 Å². The van der Waals surface area contributed by atoms with Crippen molar-refractivity contribution in [1.82, 2.24) is 0 Å². The van der Waals surface area contributed by atoms with Gasteiger partial charge in [0.05, 0.1) is 6.42 Å². The van der Waals surface area contributed by atoms with E-state index in [0.717, 1.165) is 6.42 Å². The van der Waals surface area contributed by atoms with Gasteiger partial charge in [-0.25, -0.2) is 0 Å². The number of carbonyl (C=O) groups is 2. The van der Waals surface area contributed by atoms with Crippen LogP contribution in [0.25, 0.3) is 0 Å². The Bertz CT molecular complexity index is 192. The van der Waals surface area contributed by atoms with Crippen LogP contribution >= 0.6 is 0 Å². The fraction of sp³-hybridized carbons (Fsp3) is 0.800. The zero-order chi connectivity index (χ0) is 9.84. The van der Waals surface area contributed by atoms with Crippen LogP contribution in [0, 0.1) is 5.92 Å². The number of rotatable bonds is 2. The van der Waals surface area contributed by atoms with Crippen LogP contribution in [0.1, 0.15) is 39.5 Å². The molecule has 74 valence electrons. The molecule has 3 heteroatoms. The summed E-state index contributed by atoms with van der Waals surface area (Å²) in [6.07, 6.45) is 1.76. The first-order valence-electron chi connectivity index (χ1n) is 4.84. The molecule has 1 heterocycles. The van der Waals surface area contributed by atoms with E-state index < -0.39 is 0 Å². The molecule has 1 rings (SSSR count). The lowest BCUT2D eigenvalue weighted by atomic mass is 9.97. The van der Waals surface area contributed by atoms with Crippen LogP contribution in [0.2, 0.25) is 0 Å². The second kappa shape index (κ2) is 4.40. The first kappa shape index (κ1) is 10.2. The van der Waals surface area contributed by atoms with Gasteiger partial charge in [-0.3, -0.25) is 9.59 Å². The Morgan fingerprint density at radius 2 is 2.15 bits per heavy atom. The number of hydrogen-bond donors (Lipinski definition) is 0. The Balaban J connectivity index is 2.61. The highest BCUT2D eigenvalue weighted by Crippen LogP contribution is 2.20. The number of ether oxygens (including phenoxy) is 1. The topological polar surface area (TPSA) is 43.4 Å². The lowest BCUT2D eigenvalue weighted by molar-refractivity contribution is -0.150. The van der Waals surface area contributed by atoms with Gasteiger partial charge in [0, 0.05) is 12.8 Å². The van der Waals surface area contributed by atoms with E-state index >= 15 is 0 Å². The van der Waals surface area contributed by atoms with Gasteiger partial charge in [-0.2, -0.15) is 0 Å². The summed E-state index contributed by atoms with van der Waals surface area (Å²) < 4.78 is 5.17. The molecule has 0 spiro atoms. The van der Waals surface area contributed by atoms with Crippen molar-refractivity contribution in [3.05, 3.63) is 0 Å². The molecule has 13 heavy (non-hydrogen) atoms. The smallest absolute Gasteiger partial charge is 0.306 e. The summed E-state index contributed by atoms with van der Waals surface area (Å²) in [5.74, 6) is 0.207. The lowest BCUT2D eigenvalue weighted by Crippen LogP contribution is -2.24. The van der Waals surface area contributed by atoms with Gasteiger partial charge in [-0.05, 0) is 5.92 Å². The molecule has 0 aromatic heterocycles. The van der Waals surface area contributed by atoms with Gasteiger partial charge < -0.3 is 4.74 Å². The molecule has 3 nitrogen and oxygen atoms in total. The highest BCUT2D eigenvalue weighted by atomic mass is 16.5. The van der Waals surface area contributed by atoms with Gasteiger partial charge in [0.1, 0.15) is 11.9 Å². The monoisotopic (exact) mass is 184 g/mol. The Labute approximate surface area is 78.5 Å². The van der Waals surface area contributed by atoms with E-state index in [2.05, 4.69) is 0 Å². The molecule has 0 aromatic carbocycles. The van der Waals surface area contributed by atoms with Crippen molar-refractivity contribution >= 4 is 11.8 Å². The molecule has 1 fully saturated rings. The van der Waals surface area contributed by atoms with E-state index in [1.54, 1.807) is 0 Å². The molecule has 1 aliphatic heterocycles. The quantitative estimate of drug-likeness (QED) is 0.613. The molecule has 2 atom stereocenters. The summed E-state index contributed by atoms with van der Waals surface area (Å²) >= 11 is 0. The van der Waals surface area contributed by atoms with Crippen molar-refractivity contribution in [2.45, 2.75) is 45.6 Å². The Morgan fingerprint density at radius 1 is 1.46 bits per heavy atom. The zero-order valence-electron chi connectivity index (χ0n) is 8.21. The summed E-state index contributed by atoms with van der Waals surface area (Å²) in [4.78, 5) is 22.3. The van der Waals surface area contributed by atoms with Crippen molar-refractivity contribution in [2.24, 2.45) is 5.92 Å². The Morgan fingerprint density at radius 3 is 2.77 bits per heavy atom. The molecule has 1 aliphatic rings. The third kappa shape index (κ3) is 2.83. The number of esters is 1. The van der Waals surface area contributed by atoms with Crippen LogP contribution in [0.15, 0.2) is 0 Å². The molecule has 0 N–H and O–H groups in total. The number of carbonyl (C=O) groups excluding carboxylic acids is 2. The highest BCUT2D eigenvalue weighted by Gasteiger charge is 2.26. The minimum atomic E-state index is -0.226. The third-order valence-corrected chi connectivity index (χ3v) is 2.60. The molecule has 1 saturated heterocycles. The molecule has 0 bridgehead atoms. The molecule has 0 radical (unpaired) electrons. The van der Waals surface area contributed by atoms with E-state index in [4.69, 9.17) is 4.74 Å². The summed E-state index contributed by atoms with van der Waals surface area (Å²) in [7, 11) is 0. The van der Waals surface area contributed by atoms with Gasteiger partial charge in [0.25, 0.3) is 0 Å². The second-order valence-corrected chi connectivity index (χ2v) is 3.66. The predicted molar refractivity (Wildman–Crippen MR) is 48.2 cm³/mol. The summed E-state index contributed by atoms with van der Waals surface area (Å²) in [6.45, 7) is 4.05. The molecule has 2 unspecified atom stereocenters. The first-order valence-corrected chi connectivity index (χ1v) is 4.84. The van der Waals surface area contributed by atoms with E-state index in [1.165, 1.54) is 0 Å². The highest BCUT2D eigenvalue weighted by molar-refractivity contribution is 5.85. The maximum absolute atomic E-state index is 11.2. The standard InChI is InChI=1S/C10H16O3/c1-3-7(2)9-6-8(11)4-5-10(12)13-9/h7,9H,3-6H2,1-2H3. The van der Waals surface area contributed by atoms with Crippen LogP contribution in [-0.4, -0.2) is 17.9 Å². The maximum Gasteiger partial charge on any atom is 0.306 e. The summed E-state index contributed by atoms with van der Waals surface area (Å²) in [6, 6.07) is 0. The normalized spacial score (nSPS) is 26.5. The van der Waals surface area contributed by atoms with Crippen LogP contribution in [-0.2, 0) is 14.3 Å². The number of hydrogen-bond acceptors (Lipinski definition) is 3. The fourth-order valence-corrected chi connectivity index (χ4v) is 1.42. The minimum absolute atomic E-state index is 0.149. The van der Waals surface area contributed by atoms with Crippen molar-refractivity contribution < 1.29 is 14.3 Å². The summed E-state index contributed by atoms with van der Waals surface area (Å²) in [5.41, 5.74) is 0. The second-order valence-electron chi connectivity index (χ2n) is 3.66. The molecular weight excluding hydrogens is 168 g/mol. The average Bonchev–Trinajstić information content (AvgIpc) is 2.27. The number of Topliss-reactive ketones (excluding diaryl/α,β-unsaturated/α-hetero) is 1. The van der Waals surface area contributed by atoms with Gasteiger partial charge in [-0.1, -0.05) is 20.3 Å². The van der Waals surface area contributed by atoms with Crippen molar-refractivity contribution in [2.75, 3.05) is 0 Å². The molecule has 0 aromatic rings. The van der Waals surface area contributed by atoms with Gasteiger partial charge in [0.15, 0.2) is 0 Å². The largest absolute Gasteiger partial charge is 0.462 e. The van der Waals surface area contributed by atoms with Crippen LogP contribution in [0.5, 0.6) is 0 Å². The van der Waals surface area contributed by atoms with Crippen LogP contribution in [0.4, 0.5) is 0 Å². The van der Waals surface area contributed by atoms with Crippen LogP contribution < -0.4 is 0 Å². The molecule has 0 aliphatic carbocycles. The fourth-order valence-electron chi connectivity index (χ4n) is 1.42. The Kier molecular flexibility index (Phi) is 3.46. The Hall–Kier alpha value is -0.860. The molecular formula is C10H16O3. The SMILES string of the molecule is CCC(C)C1CC(=O)CCC(=O)O1. The van der Waals surface area contributed by atoms with Crippen LogP contribution in [0.3, 0.4) is 0 Å². The third-order valence-electron chi connectivity index (χ3n) is 2.60. The zero-order valence-corrected chi connectivity index (χ0v) is 8.21. The molecule has 0 saturated carbocycles. The first-order chi connectivity index (χ1) is 6.13. The number of cyclic esters (lactones) is 1. The lowest BCUT2D eigenvalue weighted by Gasteiger charge is -2.20. The maximum atomic E-state index is 11.2. The summed E-state index contributed by atoms with van der Waals surface area (Å²) in [5, 5.41) is 0. The number of ketones is 1. The molecule has 0 amide bonds. The average molecular weight is 184 g/mol. The minimum Gasteiger partial charge on any atom is -0.462 e. The van der Waals surface area contributed by atoms with Crippen molar-refractivity contribution in [3.63, 3.8) is 0 Å². The van der Waals surface area contributed by atoms with Gasteiger partial charge in [-0.15, -0.1) is 0 Å². The van der Waals surface area contributed by atoms with Crippen molar-refractivity contribution in [1.29, 1.82) is 0 Å².